The fraction of sp³-hybridized carbons (Fsp3) is 0.381. The highest BCUT2D eigenvalue weighted by Crippen LogP contribution is 2.36. The van der Waals surface area contributed by atoms with Gasteiger partial charge in [-0.2, -0.15) is 5.10 Å². The zero-order chi connectivity index (χ0) is 22.1. The van der Waals surface area contributed by atoms with E-state index in [0.717, 1.165) is 31.5 Å². The number of ether oxygens (including phenoxy) is 1. The second-order valence-corrected chi connectivity index (χ2v) is 8.52. The topological polar surface area (TPSA) is 82.1 Å². The highest BCUT2D eigenvalue weighted by molar-refractivity contribution is 6.36. The van der Waals surface area contributed by atoms with Gasteiger partial charge in [-0.3, -0.25) is 4.68 Å². The average Bonchev–Trinajstić information content (AvgIpc) is 3.23. The van der Waals surface area contributed by atoms with Crippen molar-refractivity contribution < 1.29 is 9.13 Å². The van der Waals surface area contributed by atoms with Gasteiger partial charge in [0, 0.05) is 28.4 Å². The van der Waals surface area contributed by atoms with E-state index in [1.165, 1.54) is 12.1 Å². The number of nitrogens with two attached hydrogens (primary N) is 1. The molecule has 1 atom stereocenters. The van der Waals surface area contributed by atoms with E-state index in [2.05, 4.69) is 27.2 Å². The van der Waals surface area contributed by atoms with Crippen molar-refractivity contribution in [1.82, 2.24) is 24.9 Å². The fourth-order valence-electron chi connectivity index (χ4n) is 3.71. The minimum Gasteiger partial charge on any atom is -0.482 e. The van der Waals surface area contributed by atoms with E-state index in [0.29, 0.717) is 28.1 Å². The molecular weight excluding hydrogens is 442 g/mol. The number of hydrogen-bond donors (Lipinski definition) is 1. The van der Waals surface area contributed by atoms with Crippen LogP contribution in [0.2, 0.25) is 10.0 Å². The predicted molar refractivity (Wildman–Crippen MR) is 119 cm³/mol. The summed E-state index contributed by atoms with van der Waals surface area (Å²) >= 11 is 12.3. The lowest BCUT2D eigenvalue weighted by atomic mass is 10.1. The highest BCUT2D eigenvalue weighted by Gasteiger charge is 2.22. The number of nitrogen functional groups attached to an aromatic ring is 1. The Labute approximate surface area is 189 Å². The van der Waals surface area contributed by atoms with Crippen LogP contribution in [0.25, 0.3) is 11.3 Å². The van der Waals surface area contributed by atoms with Crippen molar-refractivity contribution in [2.75, 3.05) is 25.9 Å². The quantitative estimate of drug-likeness (QED) is 0.547. The molecule has 1 aliphatic rings. The summed E-state index contributed by atoms with van der Waals surface area (Å²) in [5, 5.41) is 12.9. The first-order valence-electron chi connectivity index (χ1n) is 9.99. The van der Waals surface area contributed by atoms with Gasteiger partial charge in [0.05, 0.1) is 23.0 Å². The summed E-state index contributed by atoms with van der Waals surface area (Å²) in [4.78, 5) is 2.31. The van der Waals surface area contributed by atoms with Gasteiger partial charge >= 0.3 is 0 Å². The van der Waals surface area contributed by atoms with E-state index < -0.39 is 11.9 Å². The summed E-state index contributed by atoms with van der Waals surface area (Å²) in [5.74, 6) is -0.151. The Balaban J connectivity index is 1.56. The highest BCUT2D eigenvalue weighted by atomic mass is 35.5. The van der Waals surface area contributed by atoms with Crippen molar-refractivity contribution in [1.29, 1.82) is 0 Å². The summed E-state index contributed by atoms with van der Waals surface area (Å²) in [6.45, 7) is 3.80. The molecule has 7 nitrogen and oxygen atoms in total. The Morgan fingerprint density at radius 1 is 1.23 bits per heavy atom. The molecule has 0 aliphatic carbocycles. The Kier molecular flexibility index (Phi) is 6.31. The minimum absolute atomic E-state index is 0.0831. The van der Waals surface area contributed by atoms with E-state index in [9.17, 15) is 4.39 Å². The molecule has 1 aromatic carbocycles. The monoisotopic (exact) mass is 464 g/mol. The fourth-order valence-corrected chi connectivity index (χ4v) is 4.39. The maximum Gasteiger partial charge on any atom is 0.188 e. The van der Waals surface area contributed by atoms with E-state index in [-0.39, 0.29) is 10.8 Å². The number of nitrogens with zero attached hydrogens (tertiary/aromatic N) is 5. The molecule has 0 saturated carbocycles. The molecule has 4 rings (SSSR count). The first-order valence-corrected chi connectivity index (χ1v) is 10.8. The van der Waals surface area contributed by atoms with Crippen molar-refractivity contribution in [3.63, 3.8) is 0 Å². The third-order valence-electron chi connectivity index (χ3n) is 5.53. The minimum atomic E-state index is -0.656. The van der Waals surface area contributed by atoms with Crippen LogP contribution < -0.4 is 10.5 Å². The molecule has 10 heteroatoms. The number of piperidine rings is 1. The molecular formula is C21H23Cl2FN6O. The van der Waals surface area contributed by atoms with E-state index in [1.54, 1.807) is 19.2 Å². The van der Waals surface area contributed by atoms with Crippen LogP contribution >= 0.6 is 23.2 Å². The molecule has 1 aliphatic heterocycles. The molecule has 2 N–H and O–H groups in total. The Bertz CT molecular complexity index is 1080. The average molecular weight is 465 g/mol. The molecule has 1 fully saturated rings. The van der Waals surface area contributed by atoms with Crippen molar-refractivity contribution in [3.8, 4) is 17.0 Å². The van der Waals surface area contributed by atoms with Gasteiger partial charge in [-0.05, 0) is 52.0 Å². The lowest BCUT2D eigenvalue weighted by Crippen LogP contribution is -2.31. The third kappa shape index (κ3) is 4.61. The van der Waals surface area contributed by atoms with Gasteiger partial charge in [0.25, 0.3) is 0 Å². The summed E-state index contributed by atoms with van der Waals surface area (Å²) in [6.07, 6.45) is 5.16. The predicted octanol–water partition coefficient (Wildman–Crippen LogP) is 4.77. The van der Waals surface area contributed by atoms with Crippen LogP contribution in [0, 0.1) is 5.82 Å². The number of likely N-dealkylation sites (tertiary alicyclic amines) is 1. The Morgan fingerprint density at radius 2 is 1.97 bits per heavy atom. The zero-order valence-electron chi connectivity index (χ0n) is 17.2. The van der Waals surface area contributed by atoms with Gasteiger partial charge in [-0.1, -0.05) is 23.2 Å². The summed E-state index contributed by atoms with van der Waals surface area (Å²) in [5.41, 5.74) is 7.70. The number of halogens is 3. The molecule has 31 heavy (non-hydrogen) atoms. The maximum atomic E-state index is 13.9. The number of anilines is 1. The van der Waals surface area contributed by atoms with Crippen LogP contribution in [-0.2, 0) is 0 Å². The van der Waals surface area contributed by atoms with E-state index >= 15 is 0 Å². The van der Waals surface area contributed by atoms with Gasteiger partial charge in [0.15, 0.2) is 11.6 Å². The van der Waals surface area contributed by atoms with Crippen molar-refractivity contribution in [3.05, 3.63) is 52.0 Å². The largest absolute Gasteiger partial charge is 0.482 e. The number of benzene rings is 1. The first kappa shape index (κ1) is 21.8. The van der Waals surface area contributed by atoms with Crippen LogP contribution in [0.5, 0.6) is 5.75 Å². The van der Waals surface area contributed by atoms with Crippen molar-refractivity contribution >= 4 is 29.0 Å². The van der Waals surface area contributed by atoms with Crippen molar-refractivity contribution in [2.24, 2.45) is 0 Å². The first-order chi connectivity index (χ1) is 14.8. The smallest absolute Gasteiger partial charge is 0.188 e. The van der Waals surface area contributed by atoms with Gasteiger partial charge in [-0.15, -0.1) is 10.2 Å². The second kappa shape index (κ2) is 8.98. The third-order valence-corrected chi connectivity index (χ3v) is 6.25. The van der Waals surface area contributed by atoms with E-state index in [4.69, 9.17) is 33.7 Å². The molecule has 1 unspecified atom stereocenters. The standard InChI is InChI=1S/C21H23Cl2FN6O/c1-12(19-15(22)3-4-16(24)20(19)23)31-18-9-17(27-28-21(18)25)13-10-26-30(11-13)14-5-7-29(2)8-6-14/h3-4,9-12,14H,5-8H2,1-2H3,(H2,25,28). The number of aromatic nitrogens is 4. The van der Waals surface area contributed by atoms with Gasteiger partial charge in [-0.25, -0.2) is 4.39 Å². The maximum absolute atomic E-state index is 13.9. The SMILES string of the molecule is CC(Oc1cc(-c2cnn(C3CCN(C)CC3)c2)nnc1N)c1c(Cl)ccc(F)c1Cl. The van der Waals surface area contributed by atoms with Crippen LogP contribution in [0.1, 0.15) is 37.5 Å². The van der Waals surface area contributed by atoms with Crippen LogP contribution in [-0.4, -0.2) is 45.0 Å². The molecule has 164 valence electrons. The van der Waals surface area contributed by atoms with Crippen LogP contribution in [0.15, 0.2) is 30.6 Å². The van der Waals surface area contributed by atoms with Gasteiger partial charge in [0.1, 0.15) is 11.9 Å². The summed E-state index contributed by atoms with van der Waals surface area (Å²) < 4.78 is 21.8. The molecule has 0 spiro atoms. The lowest BCUT2D eigenvalue weighted by Gasteiger charge is -2.28. The molecule has 1 saturated heterocycles. The summed E-state index contributed by atoms with van der Waals surface area (Å²) in [7, 11) is 2.13. The molecule has 3 aromatic rings. The normalized spacial score (nSPS) is 16.4. The molecule has 0 bridgehead atoms. The second-order valence-electron chi connectivity index (χ2n) is 7.74. The lowest BCUT2D eigenvalue weighted by molar-refractivity contribution is 0.212. The molecule has 0 radical (unpaired) electrons. The molecule has 3 heterocycles. The van der Waals surface area contributed by atoms with E-state index in [1.807, 2.05) is 10.9 Å². The van der Waals surface area contributed by atoms with Gasteiger partial charge in [0.2, 0.25) is 0 Å². The van der Waals surface area contributed by atoms with Gasteiger partial charge < -0.3 is 15.4 Å². The Morgan fingerprint density at radius 3 is 2.71 bits per heavy atom. The van der Waals surface area contributed by atoms with Crippen LogP contribution in [0.4, 0.5) is 10.2 Å². The number of rotatable bonds is 5. The molecule has 0 amide bonds. The molecule has 2 aromatic heterocycles. The number of hydrogen-bond acceptors (Lipinski definition) is 6. The van der Waals surface area contributed by atoms with Crippen molar-refractivity contribution in [2.45, 2.75) is 31.9 Å². The summed E-state index contributed by atoms with van der Waals surface area (Å²) in [6, 6.07) is 4.70. The van der Waals surface area contributed by atoms with Crippen LogP contribution in [0.3, 0.4) is 0 Å². The zero-order valence-corrected chi connectivity index (χ0v) is 18.7. The Hall–Kier alpha value is -2.42.